The molecule has 0 aromatic heterocycles. The Morgan fingerprint density at radius 1 is 1.59 bits per heavy atom. The van der Waals surface area contributed by atoms with Gasteiger partial charge in [-0.1, -0.05) is 6.07 Å². The number of nitrogens with zero attached hydrogens (tertiary/aromatic N) is 1. The van der Waals surface area contributed by atoms with Crippen molar-refractivity contribution < 1.29 is 9.53 Å². The highest BCUT2D eigenvalue weighted by Gasteiger charge is 2.05. The van der Waals surface area contributed by atoms with Crippen LogP contribution in [0.4, 0.5) is 5.69 Å². The summed E-state index contributed by atoms with van der Waals surface area (Å²) in [5.74, 6) is -0.153. The highest BCUT2D eigenvalue weighted by atomic mass is 16.5. The first kappa shape index (κ1) is 12.6. The Balaban J connectivity index is 2.99. The van der Waals surface area contributed by atoms with Crippen molar-refractivity contribution in [3.63, 3.8) is 0 Å². The van der Waals surface area contributed by atoms with Crippen LogP contribution in [0.15, 0.2) is 30.0 Å². The number of hydrogen-bond donors (Lipinski definition) is 2. The molecule has 0 aliphatic rings. The molecule has 5 nitrogen and oxygen atoms in total. The molecule has 0 heterocycles. The first-order valence-corrected chi connectivity index (χ1v) is 4.89. The van der Waals surface area contributed by atoms with E-state index in [9.17, 15) is 4.79 Å². The zero-order valence-electron chi connectivity index (χ0n) is 9.65. The summed E-state index contributed by atoms with van der Waals surface area (Å²) in [4.78, 5) is 10.8. The second-order valence-electron chi connectivity index (χ2n) is 3.38. The van der Waals surface area contributed by atoms with E-state index in [1.54, 1.807) is 19.2 Å². The average molecular weight is 231 g/mol. The lowest BCUT2D eigenvalue weighted by Crippen LogP contribution is -2.13. The summed E-state index contributed by atoms with van der Waals surface area (Å²) in [6.07, 6.45) is 1.26. The van der Waals surface area contributed by atoms with Gasteiger partial charge in [0.25, 0.3) is 5.91 Å². The molecule has 0 spiro atoms. The molecular weight excluding hydrogens is 218 g/mol. The van der Waals surface area contributed by atoms with Gasteiger partial charge in [-0.05, 0) is 24.6 Å². The number of benzene rings is 1. The third-order valence-corrected chi connectivity index (χ3v) is 2.11. The summed E-state index contributed by atoms with van der Waals surface area (Å²) >= 11 is 0. The maximum Gasteiger partial charge on any atom is 0.260 e. The molecule has 1 aromatic rings. The summed E-state index contributed by atoms with van der Waals surface area (Å²) in [7, 11) is 1.54. The lowest BCUT2D eigenvalue weighted by molar-refractivity contribution is -0.114. The Morgan fingerprint density at radius 2 is 2.29 bits per heavy atom. The van der Waals surface area contributed by atoms with Crippen LogP contribution in [-0.2, 0) is 4.79 Å². The van der Waals surface area contributed by atoms with E-state index in [0.717, 1.165) is 5.56 Å². The van der Waals surface area contributed by atoms with Crippen molar-refractivity contribution in [3.8, 4) is 11.8 Å². The lowest BCUT2D eigenvalue weighted by Gasteiger charge is -2.09. The Hall–Kier alpha value is -2.48. The van der Waals surface area contributed by atoms with Crippen LogP contribution in [0.25, 0.3) is 0 Å². The van der Waals surface area contributed by atoms with Gasteiger partial charge in [-0.25, -0.2) is 0 Å². The minimum atomic E-state index is -0.772. The van der Waals surface area contributed by atoms with Crippen molar-refractivity contribution in [3.05, 3.63) is 35.5 Å². The summed E-state index contributed by atoms with van der Waals surface area (Å²) in [6, 6.07) is 7.24. The fourth-order valence-corrected chi connectivity index (χ4v) is 1.24. The summed E-state index contributed by atoms with van der Waals surface area (Å²) < 4.78 is 5.14. The van der Waals surface area contributed by atoms with Crippen molar-refractivity contribution in [2.75, 3.05) is 12.4 Å². The largest absolute Gasteiger partial charge is 0.495 e. The Morgan fingerprint density at radius 3 is 2.82 bits per heavy atom. The number of hydrogen-bond acceptors (Lipinski definition) is 4. The fraction of sp³-hybridized carbons (Fsp3) is 0.167. The zero-order chi connectivity index (χ0) is 12.8. The van der Waals surface area contributed by atoms with Crippen molar-refractivity contribution in [2.24, 2.45) is 5.73 Å². The molecule has 5 heteroatoms. The van der Waals surface area contributed by atoms with E-state index >= 15 is 0 Å². The lowest BCUT2D eigenvalue weighted by atomic mass is 10.2. The highest BCUT2D eigenvalue weighted by Crippen LogP contribution is 2.25. The average Bonchev–Trinajstić information content (AvgIpc) is 2.29. The molecule has 17 heavy (non-hydrogen) atoms. The van der Waals surface area contributed by atoms with Gasteiger partial charge in [0, 0.05) is 6.20 Å². The van der Waals surface area contributed by atoms with E-state index in [0.29, 0.717) is 11.4 Å². The topological polar surface area (TPSA) is 88.1 Å². The number of amides is 1. The Bertz CT molecular complexity index is 501. The van der Waals surface area contributed by atoms with Gasteiger partial charge in [0.2, 0.25) is 0 Å². The van der Waals surface area contributed by atoms with Crippen LogP contribution < -0.4 is 15.8 Å². The predicted molar refractivity (Wildman–Crippen MR) is 64.2 cm³/mol. The molecule has 3 N–H and O–H groups in total. The number of carbonyl (C=O) groups is 1. The monoisotopic (exact) mass is 231 g/mol. The van der Waals surface area contributed by atoms with E-state index in [4.69, 9.17) is 15.7 Å². The summed E-state index contributed by atoms with van der Waals surface area (Å²) in [6.45, 7) is 1.92. The van der Waals surface area contributed by atoms with Crippen molar-refractivity contribution in [1.29, 1.82) is 5.26 Å². The van der Waals surface area contributed by atoms with Gasteiger partial charge < -0.3 is 15.8 Å². The van der Waals surface area contributed by atoms with Crippen molar-refractivity contribution in [2.45, 2.75) is 6.92 Å². The third kappa shape index (κ3) is 3.24. The zero-order valence-corrected chi connectivity index (χ0v) is 9.65. The molecule has 0 saturated heterocycles. The molecular formula is C12H13N3O2. The maximum absolute atomic E-state index is 10.8. The number of nitrogens with one attached hydrogen (secondary N) is 1. The van der Waals surface area contributed by atoms with E-state index in [2.05, 4.69) is 5.32 Å². The number of anilines is 1. The smallest absolute Gasteiger partial charge is 0.260 e. The van der Waals surface area contributed by atoms with Crippen molar-refractivity contribution in [1.82, 2.24) is 0 Å². The number of primary amides is 1. The van der Waals surface area contributed by atoms with Crippen molar-refractivity contribution >= 4 is 11.6 Å². The number of ether oxygens (including phenoxy) is 1. The molecule has 1 amide bonds. The number of nitrogens with two attached hydrogens (primary N) is 1. The van der Waals surface area contributed by atoms with Gasteiger partial charge in [-0.15, -0.1) is 0 Å². The Kier molecular flexibility index (Phi) is 4.12. The molecule has 0 unspecified atom stereocenters. The fourth-order valence-electron chi connectivity index (χ4n) is 1.24. The molecule has 0 fully saturated rings. The van der Waals surface area contributed by atoms with Crippen LogP contribution in [0.1, 0.15) is 5.56 Å². The maximum atomic E-state index is 10.8. The van der Waals surface area contributed by atoms with Gasteiger partial charge >= 0.3 is 0 Å². The van der Waals surface area contributed by atoms with Crippen LogP contribution in [0, 0.1) is 18.3 Å². The molecule has 0 aliphatic carbocycles. The quantitative estimate of drug-likeness (QED) is 0.604. The van der Waals surface area contributed by atoms with Gasteiger partial charge in [-0.3, -0.25) is 4.79 Å². The standard InChI is InChI=1S/C12H13N3O2/c1-8-3-4-11(17-2)10(5-8)15-7-9(6-13)12(14)16/h3-5,7,15H,1-2H3,(H2,14,16)/b9-7-. The first-order valence-electron chi connectivity index (χ1n) is 4.89. The van der Waals surface area contributed by atoms with Crippen LogP contribution in [0.5, 0.6) is 5.75 Å². The molecule has 0 saturated carbocycles. The number of aryl methyl sites for hydroxylation is 1. The molecule has 88 valence electrons. The molecule has 1 aromatic carbocycles. The predicted octanol–water partition coefficient (Wildman–Crippen LogP) is 1.31. The molecule has 0 radical (unpaired) electrons. The molecule has 0 bridgehead atoms. The second kappa shape index (κ2) is 5.56. The number of methoxy groups -OCH3 is 1. The van der Waals surface area contributed by atoms with Crippen LogP contribution in [0.3, 0.4) is 0 Å². The minimum absolute atomic E-state index is 0.145. The molecule has 0 aliphatic heterocycles. The van der Waals surface area contributed by atoms with E-state index in [1.165, 1.54) is 6.20 Å². The van der Waals surface area contributed by atoms with Crippen LogP contribution in [0.2, 0.25) is 0 Å². The number of carbonyl (C=O) groups excluding carboxylic acids is 1. The SMILES string of the molecule is COc1ccc(C)cc1N/C=C(/C#N)C(N)=O. The Labute approximate surface area is 99.5 Å². The minimum Gasteiger partial charge on any atom is -0.495 e. The van der Waals surface area contributed by atoms with Gasteiger partial charge in [-0.2, -0.15) is 5.26 Å². The highest BCUT2D eigenvalue weighted by molar-refractivity contribution is 5.96. The van der Waals surface area contributed by atoms with E-state index in [-0.39, 0.29) is 5.57 Å². The number of nitriles is 1. The van der Waals surface area contributed by atoms with E-state index in [1.807, 2.05) is 19.1 Å². The number of rotatable bonds is 4. The van der Waals surface area contributed by atoms with Gasteiger partial charge in [0.15, 0.2) is 0 Å². The normalized spacial score (nSPS) is 10.5. The summed E-state index contributed by atoms with van der Waals surface area (Å²) in [5.41, 5.74) is 6.56. The van der Waals surface area contributed by atoms with Gasteiger partial charge in [0.05, 0.1) is 12.8 Å². The first-order chi connectivity index (χ1) is 8.08. The van der Waals surface area contributed by atoms with Crippen LogP contribution >= 0.6 is 0 Å². The molecule has 0 atom stereocenters. The van der Waals surface area contributed by atoms with E-state index < -0.39 is 5.91 Å². The second-order valence-corrected chi connectivity index (χ2v) is 3.38. The molecule has 1 rings (SSSR count). The summed E-state index contributed by atoms with van der Waals surface area (Å²) in [5, 5.41) is 11.5. The van der Waals surface area contributed by atoms with Gasteiger partial charge in [0.1, 0.15) is 17.4 Å². The third-order valence-electron chi connectivity index (χ3n) is 2.11. The van der Waals surface area contributed by atoms with Crippen LogP contribution in [-0.4, -0.2) is 13.0 Å².